The predicted molar refractivity (Wildman–Crippen MR) is 67.5 cm³/mol. The Balaban J connectivity index is 2.21. The van der Waals surface area contributed by atoms with Gasteiger partial charge in [-0.3, -0.25) is 0 Å². The monoisotopic (exact) mass is 353 g/mol. The van der Waals surface area contributed by atoms with Crippen molar-refractivity contribution in [2.75, 3.05) is 13.2 Å². The van der Waals surface area contributed by atoms with E-state index in [1.165, 1.54) is 0 Å². The van der Waals surface area contributed by atoms with E-state index in [0.717, 1.165) is 6.07 Å². The number of halogens is 1. The number of sulfonamides is 1. The zero-order valence-corrected chi connectivity index (χ0v) is 12.2. The van der Waals surface area contributed by atoms with Gasteiger partial charge in [-0.1, -0.05) is 0 Å². The zero-order valence-electron chi connectivity index (χ0n) is 9.76. The molecule has 2 rings (SSSR count). The minimum Gasteiger partial charge on any atom is -0.475 e. The van der Waals surface area contributed by atoms with Crippen molar-refractivity contribution in [1.82, 2.24) is 4.72 Å². The molecule has 1 fully saturated rings. The standard InChI is InChI=1S/C10H12BrNO6S/c11-9-8(5-7(18-9)10(13)14)19(15,16)12-6-1-3-17-4-2-6/h5-6,12H,1-4H2,(H,13,14). The molecular formula is C10H12BrNO6S. The molecule has 106 valence electrons. The fourth-order valence-electron chi connectivity index (χ4n) is 1.74. The first-order valence-corrected chi connectivity index (χ1v) is 7.80. The number of ether oxygens (including phenoxy) is 1. The van der Waals surface area contributed by atoms with Crippen molar-refractivity contribution in [3.05, 3.63) is 16.5 Å². The Kier molecular flexibility index (Phi) is 4.29. The van der Waals surface area contributed by atoms with Crippen molar-refractivity contribution in [2.45, 2.75) is 23.8 Å². The van der Waals surface area contributed by atoms with Crippen LogP contribution in [0.1, 0.15) is 23.4 Å². The van der Waals surface area contributed by atoms with E-state index >= 15 is 0 Å². The number of hydrogen-bond donors (Lipinski definition) is 2. The van der Waals surface area contributed by atoms with Gasteiger partial charge >= 0.3 is 5.97 Å². The van der Waals surface area contributed by atoms with Gasteiger partial charge in [0.25, 0.3) is 0 Å². The van der Waals surface area contributed by atoms with Crippen molar-refractivity contribution in [3.63, 3.8) is 0 Å². The second-order valence-electron chi connectivity index (χ2n) is 4.06. The molecule has 1 saturated heterocycles. The molecule has 0 amide bonds. The van der Waals surface area contributed by atoms with Crippen LogP contribution in [0.15, 0.2) is 20.0 Å². The first-order chi connectivity index (χ1) is 8.90. The average molecular weight is 354 g/mol. The fourth-order valence-corrected chi connectivity index (χ4v) is 3.98. The molecule has 0 aliphatic carbocycles. The maximum atomic E-state index is 12.1. The molecule has 7 nitrogen and oxygen atoms in total. The highest BCUT2D eigenvalue weighted by Gasteiger charge is 2.28. The molecule has 0 atom stereocenters. The lowest BCUT2D eigenvalue weighted by atomic mass is 10.1. The summed E-state index contributed by atoms with van der Waals surface area (Å²) >= 11 is 2.91. The maximum absolute atomic E-state index is 12.1. The molecule has 1 aliphatic heterocycles. The van der Waals surface area contributed by atoms with Gasteiger partial charge in [-0.15, -0.1) is 0 Å². The molecule has 1 aliphatic rings. The summed E-state index contributed by atoms with van der Waals surface area (Å²) in [5.74, 6) is -1.76. The van der Waals surface area contributed by atoms with Gasteiger partial charge in [0.1, 0.15) is 4.90 Å². The molecule has 19 heavy (non-hydrogen) atoms. The smallest absolute Gasteiger partial charge is 0.371 e. The summed E-state index contributed by atoms with van der Waals surface area (Å²) in [6.45, 7) is 1.00. The number of carbonyl (C=O) groups is 1. The number of rotatable bonds is 4. The Morgan fingerprint density at radius 2 is 2.05 bits per heavy atom. The van der Waals surface area contributed by atoms with Crippen LogP contribution >= 0.6 is 15.9 Å². The van der Waals surface area contributed by atoms with E-state index in [0.29, 0.717) is 26.1 Å². The number of carboxylic acid groups (broad SMARTS) is 1. The molecule has 0 unspecified atom stereocenters. The summed E-state index contributed by atoms with van der Waals surface area (Å²) in [5.41, 5.74) is 0. The summed E-state index contributed by atoms with van der Waals surface area (Å²) in [6.07, 6.45) is 1.17. The van der Waals surface area contributed by atoms with Crippen LogP contribution in [0.5, 0.6) is 0 Å². The fraction of sp³-hybridized carbons (Fsp3) is 0.500. The Labute approximate surface area is 118 Å². The number of furan rings is 1. The van der Waals surface area contributed by atoms with E-state index in [4.69, 9.17) is 14.3 Å². The van der Waals surface area contributed by atoms with Crippen molar-refractivity contribution in [2.24, 2.45) is 0 Å². The predicted octanol–water partition coefficient (Wildman–Crippen LogP) is 1.20. The summed E-state index contributed by atoms with van der Waals surface area (Å²) in [6, 6.07) is 0.766. The van der Waals surface area contributed by atoms with Crippen molar-refractivity contribution < 1.29 is 27.5 Å². The van der Waals surface area contributed by atoms with E-state index in [2.05, 4.69) is 20.7 Å². The molecule has 2 heterocycles. The van der Waals surface area contributed by atoms with Crippen LogP contribution in [0.3, 0.4) is 0 Å². The van der Waals surface area contributed by atoms with Crippen LogP contribution in [-0.2, 0) is 14.8 Å². The highest BCUT2D eigenvalue weighted by atomic mass is 79.9. The maximum Gasteiger partial charge on any atom is 0.371 e. The summed E-state index contributed by atoms with van der Waals surface area (Å²) in [7, 11) is -3.81. The third-order valence-corrected chi connectivity index (χ3v) is 5.08. The molecule has 1 aromatic heterocycles. The Morgan fingerprint density at radius 1 is 1.42 bits per heavy atom. The quantitative estimate of drug-likeness (QED) is 0.842. The van der Waals surface area contributed by atoms with E-state index in [1.807, 2.05) is 0 Å². The first kappa shape index (κ1) is 14.5. The van der Waals surface area contributed by atoms with Crippen LogP contribution in [0, 0.1) is 0 Å². The molecule has 1 aromatic rings. The topological polar surface area (TPSA) is 106 Å². The van der Waals surface area contributed by atoms with E-state index < -0.39 is 21.8 Å². The van der Waals surface area contributed by atoms with Gasteiger partial charge < -0.3 is 14.3 Å². The Bertz CT molecular complexity index is 575. The second-order valence-corrected chi connectivity index (χ2v) is 6.46. The highest BCUT2D eigenvalue weighted by molar-refractivity contribution is 9.10. The van der Waals surface area contributed by atoms with Gasteiger partial charge in [0.15, 0.2) is 4.67 Å². The van der Waals surface area contributed by atoms with Gasteiger partial charge in [0, 0.05) is 25.3 Å². The molecule has 0 bridgehead atoms. The Morgan fingerprint density at radius 3 is 2.58 bits per heavy atom. The van der Waals surface area contributed by atoms with Gasteiger partial charge in [-0.05, 0) is 28.8 Å². The normalized spacial score (nSPS) is 17.5. The second kappa shape index (κ2) is 5.61. The number of carboxylic acids is 1. The van der Waals surface area contributed by atoms with Crippen LogP contribution in [0.25, 0.3) is 0 Å². The van der Waals surface area contributed by atoms with Crippen molar-refractivity contribution >= 4 is 31.9 Å². The van der Waals surface area contributed by atoms with Gasteiger partial charge in [0.2, 0.25) is 15.8 Å². The molecule has 9 heteroatoms. The van der Waals surface area contributed by atoms with Gasteiger partial charge in [-0.2, -0.15) is 0 Å². The first-order valence-electron chi connectivity index (χ1n) is 5.53. The molecule has 2 N–H and O–H groups in total. The molecule has 0 aromatic carbocycles. The van der Waals surface area contributed by atoms with E-state index in [1.54, 1.807) is 0 Å². The minimum atomic E-state index is -3.81. The SMILES string of the molecule is O=C(O)c1cc(S(=O)(=O)NC2CCOCC2)c(Br)o1. The highest BCUT2D eigenvalue weighted by Crippen LogP contribution is 2.26. The Hall–Kier alpha value is -0.900. The van der Waals surface area contributed by atoms with Crippen LogP contribution < -0.4 is 4.72 Å². The summed E-state index contributed by atoms with van der Waals surface area (Å²) < 4.78 is 36.6. The summed E-state index contributed by atoms with van der Waals surface area (Å²) in [4.78, 5) is 10.5. The van der Waals surface area contributed by atoms with E-state index in [9.17, 15) is 13.2 Å². The number of hydrogen-bond acceptors (Lipinski definition) is 5. The van der Waals surface area contributed by atoms with Crippen LogP contribution in [0.4, 0.5) is 0 Å². The van der Waals surface area contributed by atoms with Crippen molar-refractivity contribution in [3.8, 4) is 0 Å². The van der Waals surface area contributed by atoms with Gasteiger partial charge in [-0.25, -0.2) is 17.9 Å². The van der Waals surface area contributed by atoms with Gasteiger partial charge in [0.05, 0.1) is 0 Å². The lowest BCUT2D eigenvalue weighted by Gasteiger charge is -2.22. The van der Waals surface area contributed by atoms with Crippen LogP contribution in [-0.4, -0.2) is 38.7 Å². The lowest BCUT2D eigenvalue weighted by Crippen LogP contribution is -2.38. The third kappa shape index (κ3) is 3.35. The molecule has 0 radical (unpaired) electrons. The molecular weight excluding hydrogens is 342 g/mol. The largest absolute Gasteiger partial charge is 0.475 e. The van der Waals surface area contributed by atoms with E-state index in [-0.39, 0.29) is 15.6 Å². The summed E-state index contributed by atoms with van der Waals surface area (Å²) in [5, 5.41) is 8.76. The zero-order chi connectivity index (χ0) is 14.0. The van der Waals surface area contributed by atoms with Crippen molar-refractivity contribution in [1.29, 1.82) is 0 Å². The minimum absolute atomic E-state index is 0.121. The number of aromatic carboxylic acids is 1. The van der Waals surface area contributed by atoms with Crippen LogP contribution in [0.2, 0.25) is 0 Å². The molecule has 0 saturated carbocycles. The third-order valence-electron chi connectivity index (χ3n) is 2.70. The lowest BCUT2D eigenvalue weighted by molar-refractivity contribution is 0.0661. The average Bonchev–Trinajstić information content (AvgIpc) is 2.73. The number of nitrogens with one attached hydrogen (secondary N) is 1. The molecule has 0 spiro atoms.